The first-order valence-corrected chi connectivity index (χ1v) is 9.91. The zero-order valence-corrected chi connectivity index (χ0v) is 17.8. The van der Waals surface area contributed by atoms with Crippen molar-refractivity contribution in [3.63, 3.8) is 0 Å². The van der Waals surface area contributed by atoms with E-state index in [-0.39, 0.29) is 30.7 Å². The fourth-order valence-corrected chi connectivity index (χ4v) is 3.27. The van der Waals surface area contributed by atoms with Gasteiger partial charge < -0.3 is 19.9 Å². The van der Waals surface area contributed by atoms with Gasteiger partial charge in [0, 0.05) is 43.9 Å². The number of carbonyl (C=O) groups excluding carboxylic acids is 3. The van der Waals surface area contributed by atoms with Gasteiger partial charge in [-0.2, -0.15) is 0 Å². The van der Waals surface area contributed by atoms with Crippen LogP contribution in [0.25, 0.3) is 0 Å². The SMILES string of the molecule is COc1ccc(N2CC(C(=O)NCC#Cc3ccc(C(=O)N(C)C)cc3)CC2=O)cc1. The maximum Gasteiger partial charge on any atom is 0.253 e. The molecule has 1 N–H and O–H groups in total. The number of ether oxygens (including phenoxy) is 1. The second-order valence-electron chi connectivity index (χ2n) is 7.40. The van der Waals surface area contributed by atoms with Gasteiger partial charge in [-0.25, -0.2) is 0 Å². The van der Waals surface area contributed by atoms with E-state index in [1.165, 1.54) is 4.90 Å². The van der Waals surface area contributed by atoms with Gasteiger partial charge in [-0.3, -0.25) is 14.4 Å². The van der Waals surface area contributed by atoms with Crippen LogP contribution in [0.4, 0.5) is 5.69 Å². The first-order chi connectivity index (χ1) is 14.9. The molecule has 1 atom stereocenters. The van der Waals surface area contributed by atoms with E-state index < -0.39 is 5.92 Å². The van der Waals surface area contributed by atoms with Gasteiger partial charge in [0.25, 0.3) is 5.91 Å². The normalized spacial score (nSPS) is 15.1. The third kappa shape index (κ3) is 5.43. The second kappa shape index (κ2) is 9.81. The van der Waals surface area contributed by atoms with Gasteiger partial charge in [0.2, 0.25) is 11.8 Å². The Bertz CT molecular complexity index is 1020. The number of methoxy groups -OCH3 is 1. The minimum absolute atomic E-state index is 0.0680. The van der Waals surface area contributed by atoms with Crippen molar-refractivity contribution >= 4 is 23.4 Å². The van der Waals surface area contributed by atoms with Crippen LogP contribution in [0.15, 0.2) is 48.5 Å². The molecule has 0 bridgehead atoms. The van der Waals surface area contributed by atoms with E-state index in [4.69, 9.17) is 4.74 Å². The summed E-state index contributed by atoms with van der Waals surface area (Å²) in [6.45, 7) is 0.524. The summed E-state index contributed by atoms with van der Waals surface area (Å²) in [5.74, 6) is 5.83. The number of benzene rings is 2. The first-order valence-electron chi connectivity index (χ1n) is 9.91. The topological polar surface area (TPSA) is 79.0 Å². The van der Waals surface area contributed by atoms with Crippen molar-refractivity contribution < 1.29 is 19.1 Å². The molecule has 1 aliphatic heterocycles. The number of amides is 3. The van der Waals surface area contributed by atoms with Crippen molar-refractivity contribution in [2.75, 3.05) is 39.2 Å². The number of nitrogens with one attached hydrogen (secondary N) is 1. The standard InChI is InChI=1S/C24H25N3O4/c1-26(2)24(30)18-8-6-17(7-9-18)5-4-14-25-23(29)19-15-22(28)27(16-19)20-10-12-21(31-3)13-11-20/h6-13,19H,14-16H2,1-3H3,(H,25,29). The minimum Gasteiger partial charge on any atom is -0.497 e. The molecule has 1 aliphatic rings. The highest BCUT2D eigenvalue weighted by Crippen LogP contribution is 2.26. The van der Waals surface area contributed by atoms with Crippen LogP contribution in [0.3, 0.4) is 0 Å². The summed E-state index contributed by atoms with van der Waals surface area (Å²) in [7, 11) is 4.99. The molecule has 1 heterocycles. The van der Waals surface area contributed by atoms with Crippen molar-refractivity contribution in [2.24, 2.45) is 5.92 Å². The Hall–Kier alpha value is -3.79. The Balaban J connectivity index is 1.51. The fraction of sp³-hybridized carbons (Fsp3) is 0.292. The van der Waals surface area contributed by atoms with Gasteiger partial charge in [0.1, 0.15) is 5.75 Å². The highest BCUT2D eigenvalue weighted by molar-refractivity contribution is 6.00. The third-order valence-corrected chi connectivity index (χ3v) is 5.00. The Morgan fingerprint density at radius 3 is 2.42 bits per heavy atom. The summed E-state index contributed by atoms with van der Waals surface area (Å²) >= 11 is 0. The molecule has 0 aromatic heterocycles. The molecular weight excluding hydrogens is 394 g/mol. The molecule has 0 radical (unpaired) electrons. The molecule has 3 rings (SSSR count). The summed E-state index contributed by atoms with van der Waals surface area (Å²) in [5, 5.41) is 2.78. The number of carbonyl (C=O) groups is 3. The van der Waals surface area contributed by atoms with E-state index in [9.17, 15) is 14.4 Å². The molecule has 0 spiro atoms. The van der Waals surface area contributed by atoms with Crippen LogP contribution >= 0.6 is 0 Å². The Kier molecular flexibility index (Phi) is 6.93. The second-order valence-corrected chi connectivity index (χ2v) is 7.40. The molecule has 2 aromatic rings. The molecule has 160 valence electrons. The quantitative estimate of drug-likeness (QED) is 0.751. The largest absolute Gasteiger partial charge is 0.497 e. The highest BCUT2D eigenvalue weighted by atomic mass is 16.5. The molecule has 1 saturated heterocycles. The van der Waals surface area contributed by atoms with E-state index in [1.54, 1.807) is 74.6 Å². The summed E-state index contributed by atoms with van der Waals surface area (Å²) in [6.07, 6.45) is 0.173. The van der Waals surface area contributed by atoms with Crippen molar-refractivity contribution in [1.29, 1.82) is 0 Å². The lowest BCUT2D eigenvalue weighted by atomic mass is 10.1. The van der Waals surface area contributed by atoms with Crippen molar-refractivity contribution in [3.8, 4) is 17.6 Å². The lowest BCUT2D eigenvalue weighted by Crippen LogP contribution is -2.33. The van der Waals surface area contributed by atoms with Crippen LogP contribution in [0.1, 0.15) is 22.3 Å². The average Bonchev–Trinajstić information content (AvgIpc) is 3.18. The predicted octanol–water partition coefficient (Wildman–Crippen LogP) is 1.92. The number of rotatable bonds is 5. The maximum atomic E-state index is 12.4. The number of anilines is 1. The molecule has 7 nitrogen and oxygen atoms in total. The van der Waals surface area contributed by atoms with Gasteiger partial charge in [0.05, 0.1) is 19.6 Å². The van der Waals surface area contributed by atoms with Crippen LogP contribution in [0, 0.1) is 17.8 Å². The summed E-state index contributed by atoms with van der Waals surface area (Å²) in [4.78, 5) is 39.8. The van der Waals surface area contributed by atoms with E-state index in [2.05, 4.69) is 17.2 Å². The van der Waals surface area contributed by atoms with E-state index in [0.717, 1.165) is 11.3 Å². The summed E-state index contributed by atoms with van der Waals surface area (Å²) in [5.41, 5.74) is 2.10. The number of nitrogens with zero attached hydrogens (tertiary/aromatic N) is 2. The molecule has 3 amide bonds. The van der Waals surface area contributed by atoms with Crippen LogP contribution in [0.5, 0.6) is 5.75 Å². The number of hydrogen-bond acceptors (Lipinski definition) is 4. The number of hydrogen-bond donors (Lipinski definition) is 1. The molecule has 1 fully saturated rings. The monoisotopic (exact) mass is 419 g/mol. The predicted molar refractivity (Wildman–Crippen MR) is 118 cm³/mol. The van der Waals surface area contributed by atoms with Gasteiger partial charge in [0.15, 0.2) is 0 Å². The third-order valence-electron chi connectivity index (χ3n) is 5.00. The first kappa shape index (κ1) is 21.9. The molecule has 7 heteroatoms. The fourth-order valence-electron chi connectivity index (χ4n) is 3.27. The van der Waals surface area contributed by atoms with Gasteiger partial charge in [-0.15, -0.1) is 0 Å². The van der Waals surface area contributed by atoms with Crippen LogP contribution in [-0.2, 0) is 9.59 Å². The molecule has 2 aromatic carbocycles. The molecule has 0 saturated carbocycles. The van der Waals surface area contributed by atoms with Crippen LogP contribution in [-0.4, -0.2) is 56.9 Å². The molecule has 31 heavy (non-hydrogen) atoms. The minimum atomic E-state index is -0.410. The van der Waals surface area contributed by atoms with Crippen molar-refractivity contribution in [2.45, 2.75) is 6.42 Å². The van der Waals surface area contributed by atoms with Gasteiger partial charge in [-0.05, 0) is 48.5 Å². The van der Waals surface area contributed by atoms with E-state index >= 15 is 0 Å². The molecule has 0 aliphatic carbocycles. The van der Waals surface area contributed by atoms with Crippen molar-refractivity contribution in [3.05, 3.63) is 59.7 Å². The molecule has 1 unspecified atom stereocenters. The Labute approximate surface area is 182 Å². The van der Waals surface area contributed by atoms with Gasteiger partial charge in [-0.1, -0.05) is 11.8 Å². The highest BCUT2D eigenvalue weighted by Gasteiger charge is 2.34. The van der Waals surface area contributed by atoms with E-state index in [1.807, 2.05) is 0 Å². The average molecular weight is 419 g/mol. The smallest absolute Gasteiger partial charge is 0.253 e. The summed E-state index contributed by atoms with van der Waals surface area (Å²) in [6, 6.07) is 14.2. The Morgan fingerprint density at radius 2 is 1.81 bits per heavy atom. The molecular formula is C24H25N3O4. The lowest BCUT2D eigenvalue weighted by molar-refractivity contribution is -0.126. The maximum absolute atomic E-state index is 12.4. The summed E-state index contributed by atoms with van der Waals surface area (Å²) < 4.78 is 5.13. The Morgan fingerprint density at radius 1 is 1.13 bits per heavy atom. The van der Waals surface area contributed by atoms with E-state index in [0.29, 0.717) is 17.9 Å². The zero-order chi connectivity index (χ0) is 22.4. The van der Waals surface area contributed by atoms with Crippen LogP contribution < -0.4 is 15.0 Å². The van der Waals surface area contributed by atoms with Gasteiger partial charge >= 0.3 is 0 Å². The zero-order valence-electron chi connectivity index (χ0n) is 17.8. The van der Waals surface area contributed by atoms with Crippen molar-refractivity contribution in [1.82, 2.24) is 10.2 Å². The van der Waals surface area contributed by atoms with Crippen LogP contribution in [0.2, 0.25) is 0 Å². The lowest BCUT2D eigenvalue weighted by Gasteiger charge is -2.16.